The molecule has 0 aliphatic heterocycles. The van der Waals surface area contributed by atoms with Crippen LogP contribution < -0.4 is 5.32 Å². The first-order valence-corrected chi connectivity index (χ1v) is 8.66. The predicted molar refractivity (Wildman–Crippen MR) is 91.9 cm³/mol. The van der Waals surface area contributed by atoms with Gasteiger partial charge in [-0.2, -0.15) is 11.8 Å². The molecule has 0 saturated heterocycles. The highest BCUT2D eigenvalue weighted by molar-refractivity contribution is 7.98. The SMILES string of the molecule is CSCC(C)CNC(c1ccccc1)c1ccc(O)cc1. The van der Waals surface area contributed by atoms with Crippen molar-refractivity contribution in [2.24, 2.45) is 5.92 Å². The lowest BCUT2D eigenvalue weighted by molar-refractivity contribution is 0.474. The van der Waals surface area contributed by atoms with Crippen LogP contribution in [0.2, 0.25) is 0 Å². The maximum Gasteiger partial charge on any atom is 0.115 e. The number of thioether (sulfide) groups is 1. The van der Waals surface area contributed by atoms with E-state index in [9.17, 15) is 5.11 Å². The largest absolute Gasteiger partial charge is 0.508 e. The maximum atomic E-state index is 9.47. The fourth-order valence-corrected chi connectivity index (χ4v) is 3.09. The highest BCUT2D eigenvalue weighted by atomic mass is 32.2. The lowest BCUT2D eigenvalue weighted by Gasteiger charge is -2.22. The summed E-state index contributed by atoms with van der Waals surface area (Å²) in [6.45, 7) is 3.24. The lowest BCUT2D eigenvalue weighted by atomic mass is 9.98. The van der Waals surface area contributed by atoms with Gasteiger partial charge in [-0.05, 0) is 47.7 Å². The molecular weight excluding hydrogens is 278 g/mol. The van der Waals surface area contributed by atoms with E-state index in [2.05, 4.69) is 42.8 Å². The average molecular weight is 301 g/mol. The van der Waals surface area contributed by atoms with E-state index in [0.717, 1.165) is 12.3 Å². The second kappa shape index (κ2) is 8.11. The van der Waals surface area contributed by atoms with Crippen LogP contribution in [-0.4, -0.2) is 23.7 Å². The summed E-state index contributed by atoms with van der Waals surface area (Å²) in [6, 6.07) is 18.1. The topological polar surface area (TPSA) is 32.3 Å². The first-order chi connectivity index (χ1) is 10.2. The van der Waals surface area contributed by atoms with Crippen molar-refractivity contribution < 1.29 is 5.11 Å². The van der Waals surface area contributed by atoms with Crippen LogP contribution >= 0.6 is 11.8 Å². The van der Waals surface area contributed by atoms with Crippen LogP contribution in [0.4, 0.5) is 0 Å². The average Bonchev–Trinajstić information content (AvgIpc) is 2.50. The zero-order valence-corrected chi connectivity index (χ0v) is 13.4. The van der Waals surface area contributed by atoms with Gasteiger partial charge in [0.05, 0.1) is 6.04 Å². The molecule has 112 valence electrons. The molecule has 0 heterocycles. The molecule has 2 N–H and O–H groups in total. The molecule has 2 atom stereocenters. The number of phenolic OH excluding ortho intramolecular Hbond substituents is 1. The molecule has 2 rings (SSSR count). The molecule has 21 heavy (non-hydrogen) atoms. The van der Waals surface area contributed by atoms with Gasteiger partial charge in [0, 0.05) is 0 Å². The van der Waals surface area contributed by atoms with Gasteiger partial charge < -0.3 is 10.4 Å². The molecule has 3 heteroatoms. The van der Waals surface area contributed by atoms with E-state index in [4.69, 9.17) is 0 Å². The number of hydrogen-bond donors (Lipinski definition) is 2. The molecule has 0 bridgehead atoms. The zero-order chi connectivity index (χ0) is 15.1. The fourth-order valence-electron chi connectivity index (χ4n) is 2.40. The molecule has 0 aliphatic rings. The molecule has 2 unspecified atom stereocenters. The molecule has 2 aromatic carbocycles. The first kappa shape index (κ1) is 15.9. The van der Waals surface area contributed by atoms with E-state index in [1.165, 1.54) is 11.1 Å². The minimum Gasteiger partial charge on any atom is -0.508 e. The van der Waals surface area contributed by atoms with Gasteiger partial charge >= 0.3 is 0 Å². The van der Waals surface area contributed by atoms with E-state index in [0.29, 0.717) is 11.7 Å². The summed E-state index contributed by atoms with van der Waals surface area (Å²) in [5, 5.41) is 13.1. The molecule has 0 saturated carbocycles. The molecule has 0 radical (unpaired) electrons. The number of hydrogen-bond acceptors (Lipinski definition) is 3. The standard InChI is InChI=1S/C18H23NOS/c1-14(13-21-2)12-19-18(15-6-4-3-5-7-15)16-8-10-17(20)11-9-16/h3-11,14,18-20H,12-13H2,1-2H3. The number of aromatic hydroxyl groups is 1. The fraction of sp³-hybridized carbons (Fsp3) is 0.333. The third kappa shape index (κ3) is 4.80. The molecule has 0 amide bonds. The molecule has 0 aromatic heterocycles. The van der Waals surface area contributed by atoms with Gasteiger partial charge in [0.2, 0.25) is 0 Å². The monoisotopic (exact) mass is 301 g/mol. The van der Waals surface area contributed by atoms with Crippen LogP contribution in [0.25, 0.3) is 0 Å². The molecule has 0 spiro atoms. The summed E-state index contributed by atoms with van der Waals surface area (Å²) in [5.74, 6) is 2.09. The summed E-state index contributed by atoms with van der Waals surface area (Å²) in [5.41, 5.74) is 2.43. The van der Waals surface area contributed by atoms with Crippen LogP contribution in [0.1, 0.15) is 24.1 Å². The lowest BCUT2D eigenvalue weighted by Crippen LogP contribution is -2.28. The Kier molecular flexibility index (Phi) is 6.15. The number of phenols is 1. The quantitative estimate of drug-likeness (QED) is 0.808. The Hall–Kier alpha value is -1.45. The third-order valence-electron chi connectivity index (χ3n) is 3.48. The smallest absolute Gasteiger partial charge is 0.115 e. The Labute approximate surface area is 131 Å². The van der Waals surface area contributed by atoms with Gasteiger partial charge in [-0.3, -0.25) is 0 Å². The second-order valence-corrected chi connectivity index (χ2v) is 6.31. The summed E-state index contributed by atoms with van der Waals surface area (Å²) in [6.07, 6.45) is 2.14. The highest BCUT2D eigenvalue weighted by Crippen LogP contribution is 2.24. The van der Waals surface area contributed by atoms with Crippen LogP contribution in [0.3, 0.4) is 0 Å². The summed E-state index contributed by atoms with van der Waals surface area (Å²) < 4.78 is 0. The third-order valence-corrected chi connectivity index (χ3v) is 4.38. The van der Waals surface area contributed by atoms with Crippen molar-refractivity contribution >= 4 is 11.8 Å². The van der Waals surface area contributed by atoms with Gasteiger partial charge in [-0.15, -0.1) is 0 Å². The normalized spacial score (nSPS) is 13.8. The molecule has 0 fully saturated rings. The maximum absolute atomic E-state index is 9.47. The van der Waals surface area contributed by atoms with Crippen molar-refractivity contribution in [1.82, 2.24) is 5.32 Å². The highest BCUT2D eigenvalue weighted by Gasteiger charge is 2.14. The number of nitrogens with one attached hydrogen (secondary N) is 1. The van der Waals surface area contributed by atoms with Gasteiger partial charge in [-0.25, -0.2) is 0 Å². The molecular formula is C18H23NOS. The summed E-state index contributed by atoms with van der Waals surface area (Å²) >= 11 is 1.88. The van der Waals surface area contributed by atoms with E-state index >= 15 is 0 Å². The van der Waals surface area contributed by atoms with E-state index < -0.39 is 0 Å². The Morgan fingerprint density at radius 1 is 1.00 bits per heavy atom. The molecule has 2 aromatic rings. The second-order valence-electron chi connectivity index (χ2n) is 5.40. The first-order valence-electron chi connectivity index (χ1n) is 7.27. The minimum atomic E-state index is 0.163. The Morgan fingerprint density at radius 3 is 2.24 bits per heavy atom. The van der Waals surface area contributed by atoms with Crippen molar-refractivity contribution in [1.29, 1.82) is 0 Å². The van der Waals surface area contributed by atoms with Crippen molar-refractivity contribution in [2.75, 3.05) is 18.6 Å². The Morgan fingerprint density at radius 2 is 1.62 bits per heavy atom. The van der Waals surface area contributed by atoms with Crippen LogP contribution in [-0.2, 0) is 0 Å². The molecule has 0 aliphatic carbocycles. The Balaban J connectivity index is 2.16. The van der Waals surface area contributed by atoms with Gasteiger partial charge in [-0.1, -0.05) is 49.4 Å². The molecule has 2 nitrogen and oxygen atoms in total. The predicted octanol–water partition coefficient (Wildman–Crippen LogP) is 4.07. The van der Waals surface area contributed by atoms with E-state index in [1.54, 1.807) is 12.1 Å². The van der Waals surface area contributed by atoms with E-state index in [-0.39, 0.29) is 6.04 Å². The summed E-state index contributed by atoms with van der Waals surface area (Å²) in [4.78, 5) is 0. The Bertz CT molecular complexity index is 527. The van der Waals surface area contributed by atoms with Crippen LogP contribution in [0, 0.1) is 5.92 Å². The van der Waals surface area contributed by atoms with Crippen molar-refractivity contribution in [2.45, 2.75) is 13.0 Å². The van der Waals surface area contributed by atoms with Crippen molar-refractivity contribution in [3.8, 4) is 5.75 Å². The number of rotatable bonds is 7. The van der Waals surface area contributed by atoms with Crippen LogP contribution in [0.15, 0.2) is 54.6 Å². The summed E-state index contributed by atoms with van der Waals surface area (Å²) in [7, 11) is 0. The zero-order valence-electron chi connectivity index (χ0n) is 12.6. The number of benzene rings is 2. The minimum absolute atomic E-state index is 0.163. The van der Waals surface area contributed by atoms with Crippen molar-refractivity contribution in [3.05, 3.63) is 65.7 Å². The van der Waals surface area contributed by atoms with Gasteiger partial charge in [0.25, 0.3) is 0 Å². The van der Waals surface area contributed by atoms with E-state index in [1.807, 2.05) is 30.0 Å². The van der Waals surface area contributed by atoms with Gasteiger partial charge in [0.15, 0.2) is 0 Å². The van der Waals surface area contributed by atoms with Crippen LogP contribution in [0.5, 0.6) is 5.75 Å². The van der Waals surface area contributed by atoms with Gasteiger partial charge in [0.1, 0.15) is 5.75 Å². The van der Waals surface area contributed by atoms with Crippen molar-refractivity contribution in [3.63, 3.8) is 0 Å².